The normalized spacial score (nSPS) is 13.7. The van der Waals surface area contributed by atoms with Gasteiger partial charge in [-0.25, -0.2) is 9.97 Å². The summed E-state index contributed by atoms with van der Waals surface area (Å²) in [6, 6.07) is 15.6. The van der Waals surface area contributed by atoms with Gasteiger partial charge >= 0.3 is 0 Å². The number of nitrogens with one attached hydrogen (secondary N) is 4. The maximum Gasteiger partial charge on any atom is 0.221 e. The molecule has 10 nitrogen and oxygen atoms in total. The van der Waals surface area contributed by atoms with Crippen LogP contribution in [0.25, 0.3) is 11.2 Å². The predicted molar refractivity (Wildman–Crippen MR) is 128 cm³/mol. The smallest absolute Gasteiger partial charge is 0.221 e. The Balaban J connectivity index is 1.30. The molecule has 0 atom stereocenters. The van der Waals surface area contributed by atoms with E-state index in [9.17, 15) is 4.79 Å². The molecular weight excluding hydrogens is 420 g/mol. The quantitative estimate of drug-likeness (QED) is 0.356. The summed E-state index contributed by atoms with van der Waals surface area (Å²) in [7, 11) is 0. The van der Waals surface area contributed by atoms with Crippen molar-refractivity contribution in [3.05, 3.63) is 54.9 Å². The number of aromatic nitrogens is 4. The molecule has 1 aliphatic rings. The van der Waals surface area contributed by atoms with E-state index in [1.54, 1.807) is 0 Å². The molecule has 4 aromatic rings. The van der Waals surface area contributed by atoms with Crippen molar-refractivity contribution in [2.75, 3.05) is 47.2 Å². The summed E-state index contributed by atoms with van der Waals surface area (Å²) in [6.07, 6.45) is 1.47. The van der Waals surface area contributed by atoms with Gasteiger partial charge in [0.15, 0.2) is 11.5 Å². The van der Waals surface area contributed by atoms with Crippen LogP contribution in [-0.4, -0.2) is 52.1 Å². The highest BCUT2D eigenvalue weighted by atomic mass is 16.5. The van der Waals surface area contributed by atoms with Crippen molar-refractivity contribution in [3.8, 4) is 0 Å². The molecule has 4 N–H and O–H groups in total. The fraction of sp³-hybridized carbons (Fsp3) is 0.217. The standard InChI is InChI=1S/C23H24N8O2/c1-15(32)26-16-2-4-17(5-3-16)27-21-20-22(25-14-24-21)30-23(29-20)28-18-6-8-19(9-7-18)31-10-12-33-13-11-31/h2-9,14H,10-13H2,1H3,(H,26,32)(H3,24,25,27,28,29,30). The van der Waals surface area contributed by atoms with Gasteiger partial charge in [0.25, 0.3) is 0 Å². The van der Waals surface area contributed by atoms with Crippen LogP contribution in [0, 0.1) is 0 Å². The van der Waals surface area contributed by atoms with Crippen LogP contribution in [0.15, 0.2) is 54.9 Å². The van der Waals surface area contributed by atoms with Gasteiger partial charge in [0.1, 0.15) is 11.8 Å². The van der Waals surface area contributed by atoms with Crippen LogP contribution in [0.2, 0.25) is 0 Å². The zero-order valence-corrected chi connectivity index (χ0v) is 18.1. The largest absolute Gasteiger partial charge is 0.378 e. The summed E-state index contributed by atoms with van der Waals surface area (Å²) in [5.74, 6) is 1.07. The first-order chi connectivity index (χ1) is 16.1. The van der Waals surface area contributed by atoms with Crippen molar-refractivity contribution in [1.82, 2.24) is 19.9 Å². The van der Waals surface area contributed by atoms with Crippen LogP contribution in [0.4, 0.5) is 34.5 Å². The van der Waals surface area contributed by atoms with E-state index >= 15 is 0 Å². The Hall–Kier alpha value is -4.18. The molecule has 0 spiro atoms. The highest BCUT2D eigenvalue weighted by molar-refractivity contribution is 5.89. The molecule has 33 heavy (non-hydrogen) atoms. The first kappa shape index (κ1) is 20.7. The van der Waals surface area contributed by atoms with Crippen molar-refractivity contribution in [2.45, 2.75) is 6.92 Å². The molecule has 1 saturated heterocycles. The molecule has 168 valence electrons. The van der Waals surface area contributed by atoms with Gasteiger partial charge in [-0.15, -0.1) is 0 Å². The van der Waals surface area contributed by atoms with Crippen molar-refractivity contribution < 1.29 is 9.53 Å². The molecule has 0 saturated carbocycles. The minimum atomic E-state index is -0.110. The summed E-state index contributed by atoms with van der Waals surface area (Å²) in [6.45, 7) is 4.80. The van der Waals surface area contributed by atoms with Gasteiger partial charge in [-0.2, -0.15) is 4.98 Å². The second-order valence-corrected chi connectivity index (χ2v) is 7.66. The molecule has 1 fully saturated rings. The van der Waals surface area contributed by atoms with Crippen molar-refractivity contribution in [3.63, 3.8) is 0 Å². The van der Waals surface area contributed by atoms with Crippen molar-refractivity contribution in [2.24, 2.45) is 0 Å². The van der Waals surface area contributed by atoms with Gasteiger partial charge in [0.05, 0.1) is 13.2 Å². The number of fused-ring (bicyclic) bond motifs is 1. The number of carbonyl (C=O) groups is 1. The topological polar surface area (TPSA) is 120 Å². The maximum absolute atomic E-state index is 11.2. The number of H-pyrrole nitrogens is 1. The van der Waals surface area contributed by atoms with E-state index in [-0.39, 0.29) is 5.91 Å². The Kier molecular flexibility index (Phi) is 5.73. The van der Waals surface area contributed by atoms with Crippen LogP contribution in [0.1, 0.15) is 6.92 Å². The van der Waals surface area contributed by atoms with Gasteiger partial charge in [-0.3, -0.25) is 4.79 Å². The fourth-order valence-electron chi connectivity index (χ4n) is 3.67. The van der Waals surface area contributed by atoms with E-state index < -0.39 is 0 Å². The van der Waals surface area contributed by atoms with Crippen molar-refractivity contribution >= 4 is 51.6 Å². The van der Waals surface area contributed by atoms with E-state index in [1.807, 2.05) is 36.4 Å². The molecule has 0 bridgehead atoms. The zero-order valence-electron chi connectivity index (χ0n) is 18.1. The highest BCUT2D eigenvalue weighted by Crippen LogP contribution is 2.26. The lowest BCUT2D eigenvalue weighted by atomic mass is 10.2. The SMILES string of the molecule is CC(=O)Nc1ccc(Nc2ncnc3nc(Nc4ccc(N5CCOCC5)cc4)[nH]c23)cc1. The summed E-state index contributed by atoms with van der Waals surface area (Å²) in [5, 5.41) is 9.31. The van der Waals surface area contributed by atoms with Crippen molar-refractivity contribution in [1.29, 1.82) is 0 Å². The molecule has 0 unspecified atom stereocenters. The monoisotopic (exact) mass is 444 g/mol. The first-order valence-electron chi connectivity index (χ1n) is 10.7. The summed E-state index contributed by atoms with van der Waals surface area (Å²) in [5.41, 5.74) is 4.89. The second-order valence-electron chi connectivity index (χ2n) is 7.66. The molecule has 0 radical (unpaired) electrons. The minimum absolute atomic E-state index is 0.110. The minimum Gasteiger partial charge on any atom is -0.378 e. The third-order valence-electron chi connectivity index (χ3n) is 5.26. The maximum atomic E-state index is 11.2. The number of amides is 1. The summed E-state index contributed by atoms with van der Waals surface area (Å²) in [4.78, 5) is 29.9. The van der Waals surface area contributed by atoms with E-state index in [0.29, 0.717) is 22.9 Å². The zero-order chi connectivity index (χ0) is 22.6. The molecule has 1 amide bonds. The number of aromatic amines is 1. The van der Waals surface area contributed by atoms with E-state index in [4.69, 9.17) is 4.74 Å². The van der Waals surface area contributed by atoms with Crippen LogP contribution < -0.4 is 20.9 Å². The Morgan fingerprint density at radius 2 is 1.61 bits per heavy atom. The second kappa shape index (κ2) is 9.13. The van der Waals surface area contributed by atoms with Crippen LogP contribution in [0.5, 0.6) is 0 Å². The molecule has 1 aliphatic heterocycles. The molecule has 0 aliphatic carbocycles. The Morgan fingerprint density at radius 1 is 0.939 bits per heavy atom. The number of ether oxygens (including phenoxy) is 1. The third-order valence-corrected chi connectivity index (χ3v) is 5.26. The van der Waals surface area contributed by atoms with Gasteiger partial charge in [-0.1, -0.05) is 0 Å². The van der Waals surface area contributed by atoms with E-state index in [1.165, 1.54) is 18.9 Å². The predicted octanol–water partition coefficient (Wildman–Crippen LogP) is 3.64. The average Bonchev–Trinajstić information content (AvgIpc) is 3.25. The fourth-order valence-corrected chi connectivity index (χ4v) is 3.67. The molecule has 2 aromatic carbocycles. The van der Waals surface area contributed by atoms with Crippen LogP contribution in [-0.2, 0) is 9.53 Å². The van der Waals surface area contributed by atoms with E-state index in [0.717, 1.165) is 43.4 Å². The number of hydrogen-bond donors (Lipinski definition) is 4. The summed E-state index contributed by atoms with van der Waals surface area (Å²) >= 11 is 0. The average molecular weight is 444 g/mol. The number of nitrogens with zero attached hydrogens (tertiary/aromatic N) is 4. The number of anilines is 6. The molecule has 10 heteroatoms. The molecule has 5 rings (SSSR count). The third kappa shape index (κ3) is 4.85. The molecular formula is C23H24N8O2. The summed E-state index contributed by atoms with van der Waals surface area (Å²) < 4.78 is 5.42. The number of carbonyl (C=O) groups excluding carboxylic acids is 1. The number of morpholine rings is 1. The Labute approximate surface area is 190 Å². The van der Waals surface area contributed by atoms with Gasteiger partial charge in [-0.05, 0) is 48.5 Å². The number of imidazole rings is 1. The Morgan fingerprint density at radius 3 is 2.33 bits per heavy atom. The molecule has 2 aromatic heterocycles. The van der Waals surface area contributed by atoms with Gasteiger partial charge in [0.2, 0.25) is 11.9 Å². The highest BCUT2D eigenvalue weighted by Gasteiger charge is 2.12. The lowest BCUT2D eigenvalue weighted by Crippen LogP contribution is -2.36. The first-order valence-corrected chi connectivity index (χ1v) is 10.7. The van der Waals surface area contributed by atoms with Gasteiger partial charge in [0, 0.05) is 42.8 Å². The van der Waals surface area contributed by atoms with E-state index in [2.05, 4.69) is 52.9 Å². The van der Waals surface area contributed by atoms with Crippen LogP contribution in [0.3, 0.4) is 0 Å². The molecule has 3 heterocycles. The Bertz CT molecular complexity index is 1250. The number of benzene rings is 2. The lowest BCUT2D eigenvalue weighted by molar-refractivity contribution is -0.114. The van der Waals surface area contributed by atoms with Crippen LogP contribution >= 0.6 is 0 Å². The number of rotatable bonds is 6. The van der Waals surface area contributed by atoms with Gasteiger partial charge < -0.3 is 30.6 Å². The lowest BCUT2D eigenvalue weighted by Gasteiger charge is -2.28. The number of hydrogen-bond acceptors (Lipinski definition) is 8.